The summed E-state index contributed by atoms with van der Waals surface area (Å²) in [4.78, 5) is 17.2. The molecule has 6 heteroatoms. The van der Waals surface area contributed by atoms with E-state index in [0.29, 0.717) is 12.1 Å². The van der Waals surface area contributed by atoms with E-state index in [-0.39, 0.29) is 5.91 Å². The zero-order chi connectivity index (χ0) is 15.5. The molecular weight excluding hydrogens is 296 g/mol. The fourth-order valence-electron chi connectivity index (χ4n) is 3.29. The lowest BCUT2D eigenvalue weighted by atomic mass is 10.0. The topological polar surface area (TPSA) is 41.4 Å². The average molecular weight is 322 g/mol. The number of rotatable bonds is 3. The molecule has 3 heterocycles. The molecule has 5 nitrogen and oxygen atoms in total. The van der Waals surface area contributed by atoms with Crippen LogP contribution in [0.2, 0.25) is 0 Å². The Morgan fingerprint density at radius 2 is 1.91 bits per heavy atom. The predicted molar refractivity (Wildman–Crippen MR) is 90.4 cm³/mol. The molecule has 0 radical (unpaired) electrons. The second-order valence-corrected chi connectivity index (χ2v) is 7.70. The van der Waals surface area contributed by atoms with Gasteiger partial charge in [0.05, 0.1) is 11.8 Å². The first kappa shape index (κ1) is 15.9. The summed E-state index contributed by atoms with van der Waals surface area (Å²) in [5.74, 6) is 2.65. The van der Waals surface area contributed by atoms with E-state index in [2.05, 4.69) is 35.6 Å². The summed E-state index contributed by atoms with van der Waals surface area (Å²) in [5.41, 5.74) is 0.724. The molecule has 2 aliphatic heterocycles. The Bertz CT molecular complexity index is 502. The summed E-state index contributed by atoms with van der Waals surface area (Å²) in [6.07, 6.45) is 5.79. The molecule has 0 unspecified atom stereocenters. The molecule has 1 aromatic rings. The van der Waals surface area contributed by atoms with Gasteiger partial charge in [-0.25, -0.2) is 0 Å². The van der Waals surface area contributed by atoms with E-state index in [0.717, 1.165) is 31.5 Å². The Morgan fingerprint density at radius 3 is 2.50 bits per heavy atom. The van der Waals surface area contributed by atoms with Gasteiger partial charge in [0, 0.05) is 56.0 Å². The molecule has 0 aromatic carbocycles. The Hall–Kier alpha value is -1.01. The lowest BCUT2D eigenvalue weighted by Gasteiger charge is -2.40. The standard InChI is InChI=1S/C16H26N4OS/c1-13(2)20-12-14(11-17-20)16(21)19-5-3-15(4-6-19)18-7-9-22-10-8-18/h11-13,15H,3-10H2,1-2H3. The van der Waals surface area contributed by atoms with Crippen LogP contribution in [0.3, 0.4) is 0 Å². The number of nitrogens with zero attached hydrogens (tertiary/aromatic N) is 4. The fraction of sp³-hybridized carbons (Fsp3) is 0.750. The summed E-state index contributed by atoms with van der Waals surface area (Å²) in [5, 5.41) is 4.28. The van der Waals surface area contributed by atoms with Gasteiger partial charge in [-0.2, -0.15) is 16.9 Å². The highest BCUT2D eigenvalue weighted by molar-refractivity contribution is 7.99. The lowest BCUT2D eigenvalue weighted by Crippen LogP contribution is -2.49. The molecule has 1 aromatic heterocycles. The quantitative estimate of drug-likeness (QED) is 0.855. The van der Waals surface area contributed by atoms with Crippen molar-refractivity contribution >= 4 is 17.7 Å². The highest BCUT2D eigenvalue weighted by Crippen LogP contribution is 2.21. The summed E-state index contributed by atoms with van der Waals surface area (Å²) >= 11 is 2.05. The van der Waals surface area contributed by atoms with E-state index < -0.39 is 0 Å². The molecule has 0 saturated carbocycles. The number of piperidine rings is 1. The van der Waals surface area contributed by atoms with Crippen molar-refractivity contribution in [3.63, 3.8) is 0 Å². The maximum Gasteiger partial charge on any atom is 0.257 e. The van der Waals surface area contributed by atoms with Gasteiger partial charge < -0.3 is 4.90 Å². The Balaban J connectivity index is 1.54. The first-order valence-electron chi connectivity index (χ1n) is 8.30. The highest BCUT2D eigenvalue weighted by atomic mass is 32.2. The third-order valence-electron chi connectivity index (χ3n) is 4.69. The van der Waals surface area contributed by atoms with Crippen molar-refractivity contribution in [2.45, 2.75) is 38.8 Å². The molecular formula is C16H26N4OS. The number of likely N-dealkylation sites (tertiary alicyclic amines) is 1. The number of amides is 1. The van der Waals surface area contributed by atoms with Crippen LogP contribution in [0, 0.1) is 0 Å². The van der Waals surface area contributed by atoms with Crippen LogP contribution in [-0.4, -0.2) is 69.2 Å². The van der Waals surface area contributed by atoms with Gasteiger partial charge in [-0.15, -0.1) is 0 Å². The third kappa shape index (κ3) is 3.49. The number of carbonyl (C=O) groups is 1. The minimum Gasteiger partial charge on any atom is -0.338 e. The zero-order valence-corrected chi connectivity index (χ0v) is 14.4. The van der Waals surface area contributed by atoms with Gasteiger partial charge in [0.1, 0.15) is 0 Å². The predicted octanol–water partition coefficient (Wildman–Crippen LogP) is 2.12. The molecule has 3 rings (SSSR count). The number of hydrogen-bond acceptors (Lipinski definition) is 4. The van der Waals surface area contributed by atoms with Gasteiger partial charge >= 0.3 is 0 Å². The second-order valence-electron chi connectivity index (χ2n) is 6.47. The molecule has 0 N–H and O–H groups in total. The zero-order valence-electron chi connectivity index (χ0n) is 13.6. The summed E-state index contributed by atoms with van der Waals surface area (Å²) in [7, 11) is 0. The number of thioether (sulfide) groups is 1. The largest absolute Gasteiger partial charge is 0.338 e. The third-order valence-corrected chi connectivity index (χ3v) is 5.63. The van der Waals surface area contributed by atoms with E-state index in [1.807, 2.05) is 15.8 Å². The normalized spacial score (nSPS) is 21.5. The first-order chi connectivity index (χ1) is 10.6. The van der Waals surface area contributed by atoms with Crippen LogP contribution in [0.25, 0.3) is 0 Å². The van der Waals surface area contributed by atoms with Crippen molar-refractivity contribution in [3.05, 3.63) is 18.0 Å². The molecule has 2 aliphatic rings. The highest BCUT2D eigenvalue weighted by Gasteiger charge is 2.28. The van der Waals surface area contributed by atoms with E-state index in [4.69, 9.17) is 0 Å². The molecule has 22 heavy (non-hydrogen) atoms. The van der Waals surface area contributed by atoms with Crippen LogP contribution in [0.1, 0.15) is 43.1 Å². The van der Waals surface area contributed by atoms with Gasteiger partial charge in [0.15, 0.2) is 0 Å². The van der Waals surface area contributed by atoms with Crippen molar-refractivity contribution < 1.29 is 4.79 Å². The molecule has 1 amide bonds. The minimum atomic E-state index is 0.138. The van der Waals surface area contributed by atoms with Gasteiger partial charge in [-0.1, -0.05) is 0 Å². The number of carbonyl (C=O) groups excluding carboxylic acids is 1. The number of hydrogen-bond donors (Lipinski definition) is 0. The molecule has 0 aliphatic carbocycles. The van der Waals surface area contributed by atoms with Crippen LogP contribution >= 0.6 is 11.8 Å². The Morgan fingerprint density at radius 1 is 1.23 bits per heavy atom. The maximum atomic E-state index is 12.6. The molecule has 122 valence electrons. The monoisotopic (exact) mass is 322 g/mol. The van der Waals surface area contributed by atoms with E-state index in [1.54, 1.807) is 6.20 Å². The minimum absolute atomic E-state index is 0.138. The maximum absolute atomic E-state index is 12.6. The Labute approximate surface area is 137 Å². The van der Waals surface area contributed by atoms with Gasteiger partial charge in [0.2, 0.25) is 0 Å². The molecule has 2 fully saturated rings. The van der Waals surface area contributed by atoms with Crippen LogP contribution < -0.4 is 0 Å². The first-order valence-corrected chi connectivity index (χ1v) is 9.46. The summed E-state index contributed by atoms with van der Waals surface area (Å²) in [6.45, 7) is 8.32. The van der Waals surface area contributed by atoms with Crippen LogP contribution in [-0.2, 0) is 0 Å². The van der Waals surface area contributed by atoms with Crippen molar-refractivity contribution in [1.82, 2.24) is 19.6 Å². The molecule has 0 atom stereocenters. The second kappa shape index (κ2) is 7.04. The molecule has 0 spiro atoms. The van der Waals surface area contributed by atoms with E-state index in [1.165, 1.54) is 24.6 Å². The van der Waals surface area contributed by atoms with Crippen LogP contribution in [0.15, 0.2) is 12.4 Å². The molecule has 0 bridgehead atoms. The number of aromatic nitrogens is 2. The van der Waals surface area contributed by atoms with Crippen molar-refractivity contribution in [2.24, 2.45) is 0 Å². The fourth-order valence-corrected chi connectivity index (χ4v) is 4.22. The van der Waals surface area contributed by atoms with Crippen molar-refractivity contribution in [2.75, 3.05) is 37.7 Å². The summed E-state index contributed by atoms with van der Waals surface area (Å²) in [6, 6.07) is 0.965. The van der Waals surface area contributed by atoms with Crippen LogP contribution in [0.4, 0.5) is 0 Å². The van der Waals surface area contributed by atoms with Crippen molar-refractivity contribution in [3.8, 4) is 0 Å². The molecule has 2 saturated heterocycles. The van der Waals surface area contributed by atoms with E-state index >= 15 is 0 Å². The lowest BCUT2D eigenvalue weighted by molar-refractivity contribution is 0.0631. The van der Waals surface area contributed by atoms with Gasteiger partial charge in [0.25, 0.3) is 5.91 Å². The van der Waals surface area contributed by atoms with Gasteiger partial charge in [-0.05, 0) is 26.7 Å². The average Bonchev–Trinajstić information content (AvgIpc) is 3.05. The Kier molecular flexibility index (Phi) is 5.08. The van der Waals surface area contributed by atoms with Gasteiger partial charge in [-0.3, -0.25) is 14.4 Å². The smallest absolute Gasteiger partial charge is 0.257 e. The van der Waals surface area contributed by atoms with E-state index in [9.17, 15) is 4.79 Å². The van der Waals surface area contributed by atoms with Crippen LogP contribution in [0.5, 0.6) is 0 Å². The SMILES string of the molecule is CC(C)n1cc(C(=O)N2CCC(N3CCSCC3)CC2)cn1. The summed E-state index contributed by atoms with van der Waals surface area (Å²) < 4.78 is 1.85. The van der Waals surface area contributed by atoms with Crippen molar-refractivity contribution in [1.29, 1.82) is 0 Å².